The highest BCUT2D eigenvalue weighted by molar-refractivity contribution is 7.88. The molecule has 9 heteroatoms. The molecular weight excluding hydrogens is 452 g/mol. The Bertz CT molecular complexity index is 1540. The number of H-pyrrole nitrogens is 1. The number of nitrogens with zero attached hydrogens (tertiary/aromatic N) is 2. The number of hydrogen-bond acceptors (Lipinski definition) is 6. The fourth-order valence-electron chi connectivity index (χ4n) is 3.94. The number of nitrogens with two attached hydrogens (primary N) is 1. The molecule has 4 aromatic rings. The number of sulfonamides is 1. The van der Waals surface area contributed by atoms with Crippen LogP contribution < -0.4 is 15.4 Å². The van der Waals surface area contributed by atoms with Crippen molar-refractivity contribution in [2.24, 2.45) is 5.14 Å². The third-order valence-electron chi connectivity index (χ3n) is 5.55. The van der Waals surface area contributed by atoms with Crippen molar-refractivity contribution >= 4 is 20.9 Å². The van der Waals surface area contributed by atoms with E-state index in [1.807, 2.05) is 12.1 Å². The highest BCUT2D eigenvalue weighted by Gasteiger charge is 2.25. The van der Waals surface area contributed by atoms with Gasteiger partial charge in [-0.25, -0.2) is 13.6 Å². The minimum Gasteiger partial charge on any atom is -0.496 e. The van der Waals surface area contributed by atoms with Gasteiger partial charge >= 0.3 is 0 Å². The molecule has 0 spiro atoms. The maximum Gasteiger partial charge on any atom is 0.255 e. The van der Waals surface area contributed by atoms with Crippen LogP contribution >= 0.6 is 0 Å². The van der Waals surface area contributed by atoms with Gasteiger partial charge in [0.25, 0.3) is 5.56 Å². The maximum absolute atomic E-state index is 12.6. The number of hydrogen-bond donors (Lipinski definition) is 2. The van der Waals surface area contributed by atoms with Crippen LogP contribution in [-0.2, 0) is 21.2 Å². The molecule has 0 atom stereocenters. The molecule has 0 amide bonds. The Morgan fingerprint density at radius 1 is 1.03 bits per heavy atom. The zero-order valence-electron chi connectivity index (χ0n) is 19.4. The molecule has 4 rings (SSSR count). The van der Waals surface area contributed by atoms with Crippen molar-refractivity contribution < 1.29 is 13.2 Å². The van der Waals surface area contributed by atoms with Crippen molar-refractivity contribution in [2.45, 2.75) is 31.9 Å². The van der Waals surface area contributed by atoms with Crippen LogP contribution in [0.5, 0.6) is 5.75 Å². The Morgan fingerprint density at radius 2 is 1.76 bits per heavy atom. The SMILES string of the molecule is COc1c(C(C)(C)C)cc(-c2ccc[nH]c2=O)c2ncc(-c3ccc(CS(N)(=O)=O)nc3)cc12. The second kappa shape index (κ2) is 8.66. The molecule has 3 N–H and O–H groups in total. The molecule has 3 aromatic heterocycles. The Morgan fingerprint density at radius 3 is 2.35 bits per heavy atom. The van der Waals surface area contributed by atoms with Crippen LogP contribution in [0.25, 0.3) is 33.2 Å². The molecule has 34 heavy (non-hydrogen) atoms. The first-order valence-electron chi connectivity index (χ1n) is 10.6. The summed E-state index contributed by atoms with van der Waals surface area (Å²) in [7, 11) is -2.05. The normalized spacial score (nSPS) is 12.1. The van der Waals surface area contributed by atoms with Gasteiger partial charge in [-0.05, 0) is 35.7 Å². The van der Waals surface area contributed by atoms with Gasteiger partial charge in [-0.3, -0.25) is 14.8 Å². The van der Waals surface area contributed by atoms with Crippen molar-refractivity contribution in [3.63, 3.8) is 0 Å². The third-order valence-corrected chi connectivity index (χ3v) is 6.25. The standard InChI is InChI=1S/C25H26N4O4S/c1-25(2,3)21-11-19(18-6-5-9-27-24(18)30)22-20(23(21)33-4)10-16(13-29-22)15-7-8-17(28-12-15)14-34(26,31)32/h5-13H,14H2,1-4H3,(H,27,30)(H2,26,31,32). The summed E-state index contributed by atoms with van der Waals surface area (Å²) in [5.41, 5.74) is 4.26. The molecular formula is C25H26N4O4S. The largest absolute Gasteiger partial charge is 0.496 e. The number of nitrogens with one attached hydrogen (secondary N) is 1. The van der Waals surface area contributed by atoms with Crippen LogP contribution in [0.2, 0.25) is 0 Å². The second-order valence-corrected chi connectivity index (χ2v) is 10.7. The number of primary sulfonamides is 1. The lowest BCUT2D eigenvalue weighted by molar-refractivity contribution is 0.402. The van der Waals surface area contributed by atoms with E-state index in [2.05, 4.69) is 30.7 Å². The van der Waals surface area contributed by atoms with E-state index in [4.69, 9.17) is 14.9 Å². The molecule has 0 aliphatic carbocycles. The molecule has 0 aliphatic rings. The van der Waals surface area contributed by atoms with Gasteiger partial charge in [-0.2, -0.15) is 0 Å². The molecule has 3 heterocycles. The lowest BCUT2D eigenvalue weighted by Crippen LogP contribution is -2.15. The van der Waals surface area contributed by atoms with Crippen LogP contribution in [0.15, 0.2) is 59.8 Å². The Labute approximate surface area is 197 Å². The zero-order chi connectivity index (χ0) is 24.7. The van der Waals surface area contributed by atoms with Gasteiger partial charge in [0, 0.05) is 51.8 Å². The molecule has 0 aliphatic heterocycles. The lowest BCUT2D eigenvalue weighted by atomic mass is 9.83. The van der Waals surface area contributed by atoms with Gasteiger partial charge in [0.05, 0.1) is 18.3 Å². The van der Waals surface area contributed by atoms with Gasteiger partial charge < -0.3 is 9.72 Å². The van der Waals surface area contributed by atoms with Gasteiger partial charge in [-0.1, -0.05) is 26.8 Å². The van der Waals surface area contributed by atoms with Crippen molar-refractivity contribution in [3.05, 3.63) is 76.6 Å². The Hall–Kier alpha value is -3.56. The first-order chi connectivity index (χ1) is 16.0. The summed E-state index contributed by atoms with van der Waals surface area (Å²) in [6.45, 7) is 6.25. The van der Waals surface area contributed by atoms with E-state index in [9.17, 15) is 13.2 Å². The van der Waals surface area contributed by atoms with Gasteiger partial charge in [0.15, 0.2) is 0 Å². The minimum absolute atomic E-state index is 0.200. The molecule has 0 fully saturated rings. The lowest BCUT2D eigenvalue weighted by Gasteiger charge is -2.25. The zero-order valence-corrected chi connectivity index (χ0v) is 20.2. The molecule has 0 saturated carbocycles. The summed E-state index contributed by atoms with van der Waals surface area (Å²) in [6.07, 6.45) is 4.89. The quantitative estimate of drug-likeness (QED) is 0.450. The number of aromatic amines is 1. The topological polar surface area (TPSA) is 128 Å². The summed E-state index contributed by atoms with van der Waals surface area (Å²) >= 11 is 0. The Kier molecular flexibility index (Phi) is 6.01. The summed E-state index contributed by atoms with van der Waals surface area (Å²) in [4.78, 5) is 24.3. The van der Waals surface area contributed by atoms with Crippen molar-refractivity contribution in [3.8, 4) is 28.0 Å². The predicted molar refractivity (Wildman–Crippen MR) is 133 cm³/mol. The minimum atomic E-state index is -3.67. The summed E-state index contributed by atoms with van der Waals surface area (Å²) in [6, 6.07) is 10.9. The van der Waals surface area contributed by atoms with Gasteiger partial charge in [0.1, 0.15) is 11.5 Å². The van der Waals surface area contributed by atoms with Crippen LogP contribution in [0.3, 0.4) is 0 Å². The molecule has 8 nitrogen and oxygen atoms in total. The highest BCUT2D eigenvalue weighted by atomic mass is 32.2. The van der Waals surface area contributed by atoms with Crippen molar-refractivity contribution in [1.29, 1.82) is 0 Å². The van der Waals surface area contributed by atoms with Gasteiger partial charge in [0.2, 0.25) is 10.0 Å². The van der Waals surface area contributed by atoms with E-state index < -0.39 is 10.0 Å². The van der Waals surface area contributed by atoms with Crippen molar-refractivity contribution in [1.82, 2.24) is 15.0 Å². The van der Waals surface area contributed by atoms with Crippen molar-refractivity contribution in [2.75, 3.05) is 7.11 Å². The first kappa shape index (κ1) is 23.6. The molecule has 0 saturated heterocycles. The smallest absolute Gasteiger partial charge is 0.255 e. The van der Waals surface area contributed by atoms with Gasteiger partial charge in [-0.15, -0.1) is 0 Å². The molecule has 0 unspecified atom stereocenters. The third kappa shape index (κ3) is 4.71. The number of ether oxygens (including phenoxy) is 1. The van der Waals surface area contributed by atoms with E-state index in [-0.39, 0.29) is 16.7 Å². The maximum atomic E-state index is 12.6. The fourth-order valence-corrected chi connectivity index (χ4v) is 4.52. The number of benzene rings is 1. The molecule has 176 valence electrons. The van der Waals surface area contributed by atoms with Crippen LogP contribution in [0, 0.1) is 0 Å². The average molecular weight is 479 g/mol. The summed E-state index contributed by atoms with van der Waals surface area (Å²) < 4.78 is 28.5. The Balaban J connectivity index is 1.96. The fraction of sp³-hybridized carbons (Fsp3) is 0.240. The van der Waals surface area contributed by atoms with E-state index in [0.29, 0.717) is 22.5 Å². The monoisotopic (exact) mass is 478 g/mol. The number of rotatable bonds is 5. The van der Waals surface area contributed by atoms with Crippen LogP contribution in [0.4, 0.5) is 0 Å². The molecule has 0 bridgehead atoms. The highest BCUT2D eigenvalue weighted by Crippen LogP contribution is 2.42. The summed E-state index contributed by atoms with van der Waals surface area (Å²) in [5.74, 6) is 0.354. The van der Waals surface area contributed by atoms with E-state index in [1.165, 1.54) is 0 Å². The second-order valence-electron chi connectivity index (χ2n) is 9.13. The molecule has 0 radical (unpaired) electrons. The van der Waals surface area contributed by atoms with E-state index in [1.54, 1.807) is 50.0 Å². The van der Waals surface area contributed by atoms with Crippen LogP contribution in [-0.4, -0.2) is 30.5 Å². The number of methoxy groups -OCH3 is 1. The van der Waals surface area contributed by atoms with E-state index >= 15 is 0 Å². The van der Waals surface area contributed by atoms with Crippen LogP contribution in [0.1, 0.15) is 32.0 Å². The molecule has 1 aromatic carbocycles. The predicted octanol–water partition coefficient (Wildman–Crippen LogP) is 3.75. The summed E-state index contributed by atoms with van der Waals surface area (Å²) in [5, 5.41) is 5.88. The van der Waals surface area contributed by atoms with E-state index in [0.717, 1.165) is 27.6 Å². The average Bonchev–Trinajstić information content (AvgIpc) is 2.77. The number of fused-ring (bicyclic) bond motifs is 1. The first-order valence-corrected chi connectivity index (χ1v) is 12.3. The number of aromatic nitrogens is 3. The number of pyridine rings is 3.